The summed E-state index contributed by atoms with van der Waals surface area (Å²) in [5.74, 6) is 6.79. The lowest BCUT2D eigenvalue weighted by Gasteiger charge is -2.19. The molecule has 2 unspecified atom stereocenters. The zero-order valence-electron chi connectivity index (χ0n) is 10.6. The van der Waals surface area contributed by atoms with Crippen LogP contribution in [0.25, 0.3) is 0 Å². The molecule has 0 aliphatic heterocycles. The van der Waals surface area contributed by atoms with Gasteiger partial charge < -0.3 is 10.3 Å². The number of anilines is 2. The van der Waals surface area contributed by atoms with Gasteiger partial charge in [-0.1, -0.05) is 6.92 Å². The highest BCUT2D eigenvalue weighted by Crippen LogP contribution is 2.39. The standard InChI is InChI=1S/C12H18N4O2/c1-8-3-9(8)7-15(2)11-4-10(14-13)5-12(6-11)16(17)18/h4-6,8-9,14H,3,7,13H2,1-2H3. The largest absolute Gasteiger partial charge is 0.374 e. The molecule has 0 heterocycles. The van der Waals surface area contributed by atoms with E-state index < -0.39 is 4.92 Å². The molecule has 1 saturated carbocycles. The first kappa shape index (κ1) is 12.6. The molecular weight excluding hydrogens is 232 g/mol. The minimum atomic E-state index is -0.405. The highest BCUT2D eigenvalue weighted by Gasteiger charge is 2.33. The fourth-order valence-electron chi connectivity index (χ4n) is 2.11. The lowest BCUT2D eigenvalue weighted by Crippen LogP contribution is -2.21. The van der Waals surface area contributed by atoms with Crippen LogP contribution in [0.15, 0.2) is 18.2 Å². The number of nitro groups is 1. The third-order valence-corrected chi connectivity index (χ3v) is 3.51. The van der Waals surface area contributed by atoms with Crippen molar-refractivity contribution in [3.63, 3.8) is 0 Å². The first-order chi connectivity index (χ1) is 8.51. The van der Waals surface area contributed by atoms with Crippen LogP contribution in [0.4, 0.5) is 17.1 Å². The Labute approximate surface area is 106 Å². The van der Waals surface area contributed by atoms with Crippen LogP contribution in [-0.2, 0) is 0 Å². The molecule has 98 valence electrons. The van der Waals surface area contributed by atoms with Crippen molar-refractivity contribution >= 4 is 17.1 Å². The minimum Gasteiger partial charge on any atom is -0.374 e. The predicted octanol–water partition coefficient (Wildman–Crippen LogP) is 1.97. The van der Waals surface area contributed by atoms with Crippen molar-refractivity contribution in [2.24, 2.45) is 17.7 Å². The Bertz CT molecular complexity index is 463. The Morgan fingerprint density at radius 1 is 1.56 bits per heavy atom. The van der Waals surface area contributed by atoms with Gasteiger partial charge in [-0.2, -0.15) is 0 Å². The lowest BCUT2D eigenvalue weighted by molar-refractivity contribution is -0.384. The summed E-state index contributed by atoms with van der Waals surface area (Å²) >= 11 is 0. The van der Waals surface area contributed by atoms with E-state index in [0.29, 0.717) is 11.6 Å². The molecule has 6 nitrogen and oxygen atoms in total. The first-order valence-electron chi connectivity index (χ1n) is 5.98. The quantitative estimate of drug-likeness (QED) is 0.474. The normalized spacial score (nSPS) is 21.5. The van der Waals surface area contributed by atoms with Gasteiger partial charge in [0.2, 0.25) is 0 Å². The molecule has 0 saturated heterocycles. The minimum absolute atomic E-state index is 0.0520. The van der Waals surface area contributed by atoms with E-state index in [1.807, 2.05) is 18.0 Å². The van der Waals surface area contributed by atoms with Gasteiger partial charge in [-0.05, 0) is 24.3 Å². The summed E-state index contributed by atoms with van der Waals surface area (Å²) in [6, 6.07) is 4.82. The van der Waals surface area contributed by atoms with Crippen LogP contribution in [0.2, 0.25) is 0 Å². The van der Waals surface area contributed by atoms with E-state index in [1.165, 1.54) is 12.5 Å². The van der Waals surface area contributed by atoms with Crippen molar-refractivity contribution in [3.8, 4) is 0 Å². The van der Waals surface area contributed by atoms with Crippen molar-refractivity contribution in [1.29, 1.82) is 0 Å². The molecule has 1 aromatic carbocycles. The highest BCUT2D eigenvalue weighted by molar-refractivity contribution is 5.64. The molecule has 0 spiro atoms. The van der Waals surface area contributed by atoms with Gasteiger partial charge in [0.15, 0.2) is 0 Å². The molecule has 1 aromatic rings. The fourth-order valence-corrected chi connectivity index (χ4v) is 2.11. The maximum absolute atomic E-state index is 10.8. The summed E-state index contributed by atoms with van der Waals surface area (Å²) in [5.41, 5.74) is 3.88. The summed E-state index contributed by atoms with van der Waals surface area (Å²) in [7, 11) is 1.95. The summed E-state index contributed by atoms with van der Waals surface area (Å²) in [6.07, 6.45) is 1.24. The maximum atomic E-state index is 10.8. The number of rotatable bonds is 5. The Balaban J connectivity index is 2.19. The summed E-state index contributed by atoms with van der Waals surface area (Å²) in [4.78, 5) is 12.5. The number of nitrogens with zero attached hydrogens (tertiary/aromatic N) is 2. The van der Waals surface area contributed by atoms with Crippen molar-refractivity contribution in [3.05, 3.63) is 28.3 Å². The Morgan fingerprint density at radius 2 is 2.22 bits per heavy atom. The van der Waals surface area contributed by atoms with Gasteiger partial charge in [0, 0.05) is 31.4 Å². The van der Waals surface area contributed by atoms with Crippen LogP contribution in [-0.4, -0.2) is 18.5 Å². The van der Waals surface area contributed by atoms with Crippen LogP contribution >= 0.6 is 0 Å². The summed E-state index contributed by atoms with van der Waals surface area (Å²) in [6.45, 7) is 3.14. The van der Waals surface area contributed by atoms with Gasteiger partial charge in [0.05, 0.1) is 10.6 Å². The predicted molar refractivity (Wildman–Crippen MR) is 71.4 cm³/mol. The monoisotopic (exact) mass is 250 g/mol. The first-order valence-corrected chi connectivity index (χ1v) is 5.98. The summed E-state index contributed by atoms with van der Waals surface area (Å²) in [5, 5.41) is 10.8. The number of hydrogen-bond acceptors (Lipinski definition) is 5. The van der Waals surface area contributed by atoms with E-state index in [0.717, 1.165) is 18.2 Å². The van der Waals surface area contributed by atoms with E-state index in [1.54, 1.807) is 6.07 Å². The molecule has 0 bridgehead atoms. The van der Waals surface area contributed by atoms with Crippen molar-refractivity contribution in [1.82, 2.24) is 0 Å². The van der Waals surface area contributed by atoms with Gasteiger partial charge in [-0.25, -0.2) is 0 Å². The maximum Gasteiger partial charge on any atom is 0.273 e. The Hall–Kier alpha value is -1.82. The number of nitrogens with two attached hydrogens (primary N) is 1. The molecule has 0 radical (unpaired) electrons. The van der Waals surface area contributed by atoms with Crippen molar-refractivity contribution in [2.75, 3.05) is 23.9 Å². The number of hydrogen-bond donors (Lipinski definition) is 2. The van der Waals surface area contributed by atoms with Crippen LogP contribution in [0, 0.1) is 22.0 Å². The Kier molecular flexibility index (Phi) is 3.38. The SMILES string of the molecule is CC1CC1CN(C)c1cc(NN)cc([N+](=O)[O-])c1. The summed E-state index contributed by atoms with van der Waals surface area (Å²) < 4.78 is 0. The van der Waals surface area contributed by atoms with Gasteiger partial charge >= 0.3 is 0 Å². The number of nitrogen functional groups attached to an aromatic ring is 1. The second-order valence-corrected chi connectivity index (χ2v) is 4.99. The second kappa shape index (κ2) is 4.81. The lowest BCUT2D eigenvalue weighted by atomic mass is 10.2. The zero-order valence-corrected chi connectivity index (χ0v) is 10.6. The topological polar surface area (TPSA) is 84.4 Å². The van der Waals surface area contributed by atoms with Crippen molar-refractivity contribution in [2.45, 2.75) is 13.3 Å². The van der Waals surface area contributed by atoms with Crippen LogP contribution < -0.4 is 16.2 Å². The molecule has 0 amide bonds. The molecule has 2 rings (SSSR count). The molecule has 18 heavy (non-hydrogen) atoms. The molecule has 0 aromatic heterocycles. The molecule has 6 heteroatoms. The van der Waals surface area contributed by atoms with E-state index in [4.69, 9.17) is 5.84 Å². The van der Waals surface area contributed by atoms with E-state index in [9.17, 15) is 10.1 Å². The van der Waals surface area contributed by atoms with Gasteiger partial charge in [0.1, 0.15) is 0 Å². The second-order valence-electron chi connectivity index (χ2n) is 4.99. The van der Waals surface area contributed by atoms with Gasteiger partial charge in [-0.15, -0.1) is 0 Å². The smallest absolute Gasteiger partial charge is 0.273 e. The molecule has 3 N–H and O–H groups in total. The molecule has 1 aliphatic carbocycles. The van der Waals surface area contributed by atoms with E-state index >= 15 is 0 Å². The van der Waals surface area contributed by atoms with Crippen LogP contribution in [0.5, 0.6) is 0 Å². The number of benzene rings is 1. The fraction of sp³-hybridized carbons (Fsp3) is 0.500. The Morgan fingerprint density at radius 3 is 2.72 bits per heavy atom. The third kappa shape index (κ3) is 2.70. The molecule has 1 fully saturated rings. The number of nitro benzene ring substituents is 1. The van der Waals surface area contributed by atoms with Gasteiger partial charge in [-0.3, -0.25) is 16.0 Å². The number of nitrogens with one attached hydrogen (secondary N) is 1. The average molecular weight is 250 g/mol. The van der Waals surface area contributed by atoms with Crippen LogP contribution in [0.3, 0.4) is 0 Å². The number of hydrazine groups is 1. The zero-order chi connectivity index (χ0) is 13.3. The average Bonchev–Trinajstić information content (AvgIpc) is 3.04. The molecular formula is C12H18N4O2. The third-order valence-electron chi connectivity index (χ3n) is 3.51. The molecule has 1 aliphatic rings. The van der Waals surface area contributed by atoms with Crippen molar-refractivity contribution < 1.29 is 4.92 Å². The number of non-ortho nitro benzene ring substituents is 1. The molecule has 2 atom stereocenters. The van der Waals surface area contributed by atoms with Crippen LogP contribution in [0.1, 0.15) is 13.3 Å². The van der Waals surface area contributed by atoms with E-state index in [-0.39, 0.29) is 5.69 Å². The van der Waals surface area contributed by atoms with Gasteiger partial charge in [0.25, 0.3) is 5.69 Å². The highest BCUT2D eigenvalue weighted by atomic mass is 16.6. The van der Waals surface area contributed by atoms with E-state index in [2.05, 4.69) is 12.3 Å².